The number of phenols is 2. The van der Waals surface area contributed by atoms with Crippen LogP contribution in [-0.2, 0) is 0 Å². The number of carbonyl (C=O) groups excluding carboxylic acids is 2. The van der Waals surface area contributed by atoms with Crippen molar-refractivity contribution in [1.82, 2.24) is 10.6 Å². The van der Waals surface area contributed by atoms with E-state index >= 15 is 0 Å². The van der Waals surface area contributed by atoms with Crippen LogP contribution in [0, 0.1) is 5.92 Å². The van der Waals surface area contributed by atoms with Gasteiger partial charge in [0.15, 0.2) is 0 Å². The number of phenolic OH excluding ortho intramolecular Hbond substituents is 2. The molecule has 2 unspecified atom stereocenters. The summed E-state index contributed by atoms with van der Waals surface area (Å²) in [7, 11) is 0. The number of rotatable bonds is 6. The molecule has 12 heteroatoms. The SMILES string of the molecule is CC(O)c1cc(NC(=O)NC(C)(C)C)cc(Cl)c1O.CC(O)c1cc(NC(=O)NCC2CCCCC2)cc(Cl)c1O. The number of anilines is 2. The standard InChI is InChI=1S/C16H23ClN2O3.C13H19ClN2O3/c1-10(20)13-7-12(8-14(17)15(13)21)19-16(22)18-9-11-5-3-2-4-6-11;1-7(17)9-5-8(6-10(14)11(9)18)15-12(19)16-13(2,3)4/h7-8,10-11,20-21H,2-6,9H2,1H3,(H2,18,19,22);5-7,17-18H,1-4H3,(H2,15,16,19). The lowest BCUT2D eigenvalue weighted by molar-refractivity contribution is 0.194. The summed E-state index contributed by atoms with van der Waals surface area (Å²) in [4.78, 5) is 23.7. The van der Waals surface area contributed by atoms with E-state index in [0.717, 1.165) is 12.8 Å². The molecule has 8 N–H and O–H groups in total. The highest BCUT2D eigenvalue weighted by Gasteiger charge is 2.18. The second kappa shape index (κ2) is 15.3. The number of urea groups is 2. The van der Waals surface area contributed by atoms with Crippen LogP contribution in [0.3, 0.4) is 0 Å². The lowest BCUT2D eigenvalue weighted by atomic mass is 9.89. The minimum atomic E-state index is -0.884. The Morgan fingerprint density at radius 2 is 1.27 bits per heavy atom. The van der Waals surface area contributed by atoms with Crippen LogP contribution >= 0.6 is 23.2 Å². The molecule has 0 radical (unpaired) electrons. The summed E-state index contributed by atoms with van der Waals surface area (Å²) < 4.78 is 0. The third-order valence-corrected chi connectivity index (χ3v) is 6.94. The van der Waals surface area contributed by atoms with Gasteiger partial charge in [0.2, 0.25) is 0 Å². The highest BCUT2D eigenvalue weighted by molar-refractivity contribution is 6.32. The molecule has 0 aliphatic heterocycles. The predicted molar refractivity (Wildman–Crippen MR) is 163 cm³/mol. The van der Waals surface area contributed by atoms with Crippen LogP contribution in [0.4, 0.5) is 21.0 Å². The summed E-state index contributed by atoms with van der Waals surface area (Å²) in [6.07, 6.45) is 4.33. The molecule has 228 valence electrons. The maximum Gasteiger partial charge on any atom is 0.319 e. The smallest absolute Gasteiger partial charge is 0.319 e. The van der Waals surface area contributed by atoms with E-state index in [4.69, 9.17) is 23.2 Å². The predicted octanol–water partition coefficient (Wildman–Crippen LogP) is 6.82. The largest absolute Gasteiger partial charge is 0.506 e. The zero-order valence-electron chi connectivity index (χ0n) is 24.1. The van der Waals surface area contributed by atoms with E-state index in [-0.39, 0.29) is 50.3 Å². The number of nitrogens with one attached hydrogen (secondary N) is 4. The van der Waals surface area contributed by atoms with E-state index < -0.39 is 12.2 Å². The molecule has 10 nitrogen and oxygen atoms in total. The van der Waals surface area contributed by atoms with E-state index in [2.05, 4.69) is 21.3 Å². The molecule has 2 atom stereocenters. The molecular formula is C29H42Cl2N4O6. The van der Waals surface area contributed by atoms with E-state index in [9.17, 15) is 30.0 Å². The van der Waals surface area contributed by atoms with Crippen molar-refractivity contribution in [2.24, 2.45) is 5.92 Å². The minimum absolute atomic E-state index is 0.0736. The van der Waals surface area contributed by atoms with E-state index in [1.807, 2.05) is 20.8 Å². The quantitative estimate of drug-likeness (QED) is 0.167. The third-order valence-electron chi connectivity index (χ3n) is 6.37. The fourth-order valence-electron chi connectivity index (χ4n) is 4.33. The molecule has 2 aromatic rings. The summed E-state index contributed by atoms with van der Waals surface area (Å²) in [5, 5.41) is 49.7. The summed E-state index contributed by atoms with van der Waals surface area (Å²) in [6, 6.07) is 5.20. The van der Waals surface area contributed by atoms with Crippen LogP contribution in [0.1, 0.15) is 90.1 Å². The molecule has 4 amide bonds. The molecule has 2 aromatic carbocycles. The Kier molecular flexibility index (Phi) is 12.8. The molecule has 0 bridgehead atoms. The maximum absolute atomic E-state index is 11.9. The van der Waals surface area contributed by atoms with Crippen molar-refractivity contribution in [2.75, 3.05) is 17.2 Å². The van der Waals surface area contributed by atoms with Crippen molar-refractivity contribution in [1.29, 1.82) is 0 Å². The lowest BCUT2D eigenvalue weighted by Gasteiger charge is -2.22. The summed E-state index contributed by atoms with van der Waals surface area (Å²) >= 11 is 11.8. The number of carbonyl (C=O) groups is 2. The van der Waals surface area contributed by atoms with Crippen LogP contribution in [-0.4, -0.2) is 44.6 Å². The molecule has 41 heavy (non-hydrogen) atoms. The molecular weight excluding hydrogens is 571 g/mol. The monoisotopic (exact) mass is 612 g/mol. The Morgan fingerprint density at radius 3 is 1.68 bits per heavy atom. The average Bonchev–Trinajstić information content (AvgIpc) is 2.86. The van der Waals surface area contributed by atoms with Crippen LogP contribution in [0.5, 0.6) is 11.5 Å². The van der Waals surface area contributed by atoms with Gasteiger partial charge in [-0.3, -0.25) is 0 Å². The van der Waals surface area contributed by atoms with Gasteiger partial charge in [0.05, 0.1) is 22.3 Å². The highest BCUT2D eigenvalue weighted by Crippen LogP contribution is 2.36. The molecule has 0 spiro atoms. The van der Waals surface area contributed by atoms with Crippen molar-refractivity contribution in [3.63, 3.8) is 0 Å². The summed E-state index contributed by atoms with van der Waals surface area (Å²) in [5.74, 6) is 0.208. The zero-order chi connectivity index (χ0) is 30.9. The fraction of sp³-hybridized carbons (Fsp3) is 0.517. The number of halogens is 2. The summed E-state index contributed by atoms with van der Waals surface area (Å²) in [6.45, 7) is 9.27. The fourth-order valence-corrected chi connectivity index (χ4v) is 4.78. The second-order valence-electron chi connectivity index (χ2n) is 11.3. The first kappa shape index (κ1) is 34.3. The molecule has 0 saturated heterocycles. The highest BCUT2D eigenvalue weighted by atomic mass is 35.5. The minimum Gasteiger partial charge on any atom is -0.506 e. The molecule has 0 heterocycles. The Balaban J connectivity index is 0.000000290. The Bertz CT molecular complexity index is 1190. The van der Waals surface area contributed by atoms with Gasteiger partial charge >= 0.3 is 12.1 Å². The van der Waals surface area contributed by atoms with Crippen molar-refractivity contribution >= 4 is 46.6 Å². The first-order chi connectivity index (χ1) is 19.1. The number of aromatic hydroxyl groups is 2. The first-order valence-corrected chi connectivity index (χ1v) is 14.4. The van der Waals surface area contributed by atoms with Crippen LogP contribution in [0.25, 0.3) is 0 Å². The van der Waals surface area contributed by atoms with Crippen LogP contribution in [0.2, 0.25) is 10.0 Å². The van der Waals surface area contributed by atoms with Crippen molar-refractivity contribution < 1.29 is 30.0 Å². The van der Waals surface area contributed by atoms with Crippen molar-refractivity contribution in [2.45, 2.75) is 84.5 Å². The number of benzene rings is 2. The lowest BCUT2D eigenvalue weighted by Crippen LogP contribution is -2.43. The third kappa shape index (κ3) is 11.5. The number of hydrogen-bond acceptors (Lipinski definition) is 6. The number of aliphatic hydroxyl groups is 2. The van der Waals surface area contributed by atoms with Gasteiger partial charge in [-0.2, -0.15) is 0 Å². The molecule has 1 aliphatic carbocycles. The van der Waals surface area contributed by atoms with Gasteiger partial charge in [-0.1, -0.05) is 42.5 Å². The maximum atomic E-state index is 11.9. The van der Waals surface area contributed by atoms with E-state index in [0.29, 0.717) is 23.8 Å². The summed E-state index contributed by atoms with van der Waals surface area (Å²) in [5.41, 5.74) is 1.03. The second-order valence-corrected chi connectivity index (χ2v) is 12.1. The van der Waals surface area contributed by atoms with Gasteiger partial charge in [-0.25, -0.2) is 9.59 Å². The number of hydrogen-bond donors (Lipinski definition) is 8. The topological polar surface area (TPSA) is 163 Å². The zero-order valence-corrected chi connectivity index (χ0v) is 25.7. The number of amides is 4. The Morgan fingerprint density at radius 1 is 0.829 bits per heavy atom. The molecule has 1 aliphatic rings. The van der Waals surface area contributed by atoms with Crippen LogP contribution in [0.15, 0.2) is 24.3 Å². The molecule has 1 saturated carbocycles. The van der Waals surface area contributed by atoms with E-state index in [1.165, 1.54) is 57.4 Å². The molecule has 0 aromatic heterocycles. The Hall–Kier alpha value is -2.92. The average molecular weight is 614 g/mol. The van der Waals surface area contributed by atoms with Gasteiger partial charge in [-0.15, -0.1) is 0 Å². The number of aliphatic hydroxyl groups excluding tert-OH is 2. The first-order valence-electron chi connectivity index (χ1n) is 13.6. The van der Waals surface area contributed by atoms with E-state index in [1.54, 1.807) is 0 Å². The Labute approximate surface area is 251 Å². The molecule has 1 fully saturated rings. The van der Waals surface area contributed by atoms with Gasteiger partial charge < -0.3 is 41.7 Å². The normalized spacial score (nSPS) is 15.1. The van der Waals surface area contributed by atoms with Crippen LogP contribution < -0.4 is 21.3 Å². The van der Waals surface area contributed by atoms with Gasteiger partial charge in [0.1, 0.15) is 11.5 Å². The van der Waals surface area contributed by atoms with Gasteiger partial charge in [0.25, 0.3) is 0 Å². The van der Waals surface area contributed by atoms with Gasteiger partial charge in [0, 0.05) is 34.6 Å². The van der Waals surface area contributed by atoms with Gasteiger partial charge in [-0.05, 0) is 77.6 Å². The van der Waals surface area contributed by atoms with Crippen molar-refractivity contribution in [3.05, 3.63) is 45.4 Å². The van der Waals surface area contributed by atoms with Crippen molar-refractivity contribution in [3.8, 4) is 11.5 Å². The molecule has 3 rings (SSSR count).